The fraction of sp³-hybridized carbons (Fsp3) is 0.333. The number of carbonyl (C=O) groups is 2. The van der Waals surface area contributed by atoms with E-state index >= 15 is 0 Å². The topological polar surface area (TPSA) is 140 Å². The number of benzene rings is 3. The van der Waals surface area contributed by atoms with Gasteiger partial charge in [0.1, 0.15) is 5.60 Å². The SMILES string of the molecule is CCOC(=O)C1=C(C)NC(C)=C(C(=O)OC(C)(C)CN(CCC(c2ccccc2)c2ccccc2)N=O)C1c1cccc([N+](=O)[O-])c1. The molecule has 3 aromatic rings. The van der Waals surface area contributed by atoms with Gasteiger partial charge in [0.2, 0.25) is 0 Å². The smallest absolute Gasteiger partial charge is 0.337 e. The summed E-state index contributed by atoms with van der Waals surface area (Å²) in [6.07, 6.45) is 0.583. The summed E-state index contributed by atoms with van der Waals surface area (Å²) in [7, 11) is 0. The minimum atomic E-state index is -1.19. The number of nitroso groups, excluding NO2 is 1. The molecule has 1 heterocycles. The number of rotatable bonds is 14. The van der Waals surface area contributed by atoms with Crippen molar-refractivity contribution in [2.75, 3.05) is 19.7 Å². The van der Waals surface area contributed by atoms with Crippen LogP contribution in [0.25, 0.3) is 0 Å². The predicted molar refractivity (Wildman–Crippen MR) is 178 cm³/mol. The maximum absolute atomic E-state index is 14.0. The molecule has 0 aliphatic carbocycles. The maximum Gasteiger partial charge on any atom is 0.337 e. The van der Waals surface area contributed by atoms with E-state index in [-0.39, 0.29) is 35.9 Å². The van der Waals surface area contributed by atoms with E-state index in [0.717, 1.165) is 11.1 Å². The molecule has 0 spiro atoms. The van der Waals surface area contributed by atoms with Gasteiger partial charge in [-0.1, -0.05) is 72.8 Å². The Labute approximate surface area is 274 Å². The van der Waals surface area contributed by atoms with Crippen molar-refractivity contribution >= 4 is 17.6 Å². The number of nitro benzene ring substituents is 1. The Morgan fingerprint density at radius 3 is 2.04 bits per heavy atom. The Morgan fingerprint density at radius 2 is 1.51 bits per heavy atom. The third-order valence-electron chi connectivity index (χ3n) is 8.02. The van der Waals surface area contributed by atoms with Crippen LogP contribution in [0.5, 0.6) is 0 Å². The third-order valence-corrected chi connectivity index (χ3v) is 8.02. The van der Waals surface area contributed by atoms with Gasteiger partial charge >= 0.3 is 11.9 Å². The molecule has 11 heteroatoms. The summed E-state index contributed by atoms with van der Waals surface area (Å²) in [4.78, 5) is 50.3. The average molecular weight is 641 g/mol. The van der Waals surface area contributed by atoms with Crippen LogP contribution in [0.3, 0.4) is 0 Å². The summed E-state index contributed by atoms with van der Waals surface area (Å²) in [5.74, 6) is -2.39. The summed E-state index contributed by atoms with van der Waals surface area (Å²) in [5, 5.41) is 19.3. The number of nitrogens with one attached hydrogen (secondary N) is 1. The molecule has 11 nitrogen and oxygen atoms in total. The number of nitro groups is 1. The number of carbonyl (C=O) groups excluding carboxylic acids is 2. The van der Waals surface area contributed by atoms with Gasteiger partial charge in [-0.2, -0.15) is 0 Å². The highest BCUT2D eigenvalue weighted by molar-refractivity contribution is 6.00. The fourth-order valence-corrected chi connectivity index (χ4v) is 6.00. The van der Waals surface area contributed by atoms with Gasteiger partial charge in [0.05, 0.1) is 40.4 Å². The zero-order valence-electron chi connectivity index (χ0n) is 27.3. The Kier molecular flexibility index (Phi) is 11.3. The second kappa shape index (κ2) is 15.3. The molecule has 0 aromatic heterocycles. The summed E-state index contributed by atoms with van der Waals surface area (Å²) < 4.78 is 11.3. The van der Waals surface area contributed by atoms with Crippen molar-refractivity contribution in [1.29, 1.82) is 0 Å². The molecule has 1 aliphatic rings. The first-order valence-corrected chi connectivity index (χ1v) is 15.5. The highest BCUT2D eigenvalue weighted by Gasteiger charge is 2.40. The number of esters is 2. The van der Waals surface area contributed by atoms with Crippen LogP contribution in [0.4, 0.5) is 5.69 Å². The zero-order valence-corrected chi connectivity index (χ0v) is 27.3. The van der Waals surface area contributed by atoms with Crippen molar-refractivity contribution < 1.29 is 24.0 Å². The standard InChI is InChI=1S/C36H40N4O7/c1-6-46-34(41)31-24(2)37-25(3)32(33(31)28-18-13-19-29(22-28)40(44)45)35(42)47-36(4,5)23-39(38-43)21-20-30(26-14-9-7-10-15-26)27-16-11-8-12-17-27/h7-19,22,30,33,37H,6,20-21,23H2,1-5H3. The van der Waals surface area contributed by atoms with E-state index in [4.69, 9.17) is 9.47 Å². The third kappa shape index (κ3) is 8.49. The van der Waals surface area contributed by atoms with Gasteiger partial charge in [-0.25, -0.2) is 9.59 Å². The van der Waals surface area contributed by atoms with Crippen molar-refractivity contribution in [3.8, 4) is 0 Å². The number of ether oxygens (including phenoxy) is 2. The first kappa shape index (κ1) is 34.6. The number of non-ortho nitro benzene ring substituents is 1. The van der Waals surface area contributed by atoms with Crippen LogP contribution >= 0.6 is 0 Å². The van der Waals surface area contributed by atoms with E-state index in [9.17, 15) is 24.6 Å². The lowest BCUT2D eigenvalue weighted by molar-refractivity contribution is -0.384. The lowest BCUT2D eigenvalue weighted by Crippen LogP contribution is -2.42. The van der Waals surface area contributed by atoms with Gasteiger partial charge < -0.3 is 14.8 Å². The van der Waals surface area contributed by atoms with Gasteiger partial charge in [-0.3, -0.25) is 15.1 Å². The summed E-state index contributed by atoms with van der Waals surface area (Å²) >= 11 is 0. The molecule has 4 rings (SSSR count). The quantitative estimate of drug-likeness (QED) is 0.0860. The van der Waals surface area contributed by atoms with Crippen molar-refractivity contribution in [2.24, 2.45) is 5.29 Å². The molecule has 1 aliphatic heterocycles. The fourth-order valence-electron chi connectivity index (χ4n) is 6.00. The summed E-state index contributed by atoms with van der Waals surface area (Å²) in [5.41, 5.74) is 2.31. The molecule has 0 amide bonds. The first-order valence-electron chi connectivity index (χ1n) is 15.5. The van der Waals surface area contributed by atoms with Crippen LogP contribution in [0.2, 0.25) is 0 Å². The van der Waals surface area contributed by atoms with Crippen LogP contribution in [-0.2, 0) is 19.1 Å². The highest BCUT2D eigenvalue weighted by atomic mass is 16.6. The van der Waals surface area contributed by atoms with Gasteiger partial charge in [0, 0.05) is 36.0 Å². The van der Waals surface area contributed by atoms with E-state index in [1.54, 1.807) is 40.7 Å². The molecule has 0 radical (unpaired) electrons. The Bertz CT molecular complexity index is 1630. The lowest BCUT2D eigenvalue weighted by atomic mass is 9.80. The molecule has 0 bridgehead atoms. The number of hydrogen-bond acceptors (Lipinski definition) is 9. The predicted octanol–water partition coefficient (Wildman–Crippen LogP) is 6.92. The largest absolute Gasteiger partial charge is 0.463 e. The molecule has 0 saturated carbocycles. The number of hydrogen-bond donors (Lipinski definition) is 1. The monoisotopic (exact) mass is 640 g/mol. The van der Waals surface area contributed by atoms with Crippen molar-refractivity contribution in [1.82, 2.24) is 10.3 Å². The minimum Gasteiger partial charge on any atom is -0.463 e. The molecular weight excluding hydrogens is 600 g/mol. The summed E-state index contributed by atoms with van der Waals surface area (Å²) in [6, 6.07) is 25.8. The lowest BCUT2D eigenvalue weighted by Gasteiger charge is -2.34. The number of dihydropyridines is 1. The van der Waals surface area contributed by atoms with Crippen LogP contribution in [-0.4, -0.2) is 47.2 Å². The molecule has 3 aromatic carbocycles. The van der Waals surface area contributed by atoms with Gasteiger partial charge in [0.25, 0.3) is 5.69 Å². The van der Waals surface area contributed by atoms with Gasteiger partial charge in [-0.05, 0) is 57.7 Å². The molecule has 0 saturated heterocycles. The van der Waals surface area contributed by atoms with E-state index in [0.29, 0.717) is 29.9 Å². The van der Waals surface area contributed by atoms with Crippen LogP contribution in [0.1, 0.15) is 69.6 Å². The molecule has 1 atom stereocenters. The Morgan fingerprint density at radius 1 is 0.936 bits per heavy atom. The van der Waals surface area contributed by atoms with E-state index in [1.807, 2.05) is 36.4 Å². The molecular formula is C36H40N4O7. The highest BCUT2D eigenvalue weighted by Crippen LogP contribution is 2.41. The maximum atomic E-state index is 14.0. The van der Waals surface area contributed by atoms with Crippen LogP contribution in [0.15, 0.2) is 113 Å². The number of allylic oxidation sites excluding steroid dienone is 2. The second-order valence-corrected chi connectivity index (χ2v) is 12.0. The van der Waals surface area contributed by atoms with Gasteiger partial charge in [0.15, 0.2) is 0 Å². The Hall–Kier alpha value is -5.32. The van der Waals surface area contributed by atoms with E-state index in [1.165, 1.54) is 23.2 Å². The first-order chi connectivity index (χ1) is 22.5. The van der Waals surface area contributed by atoms with Crippen molar-refractivity contribution in [2.45, 2.75) is 58.5 Å². The molecule has 246 valence electrons. The average Bonchev–Trinajstić information content (AvgIpc) is 3.04. The van der Waals surface area contributed by atoms with E-state index in [2.05, 4.69) is 34.9 Å². The Balaban J connectivity index is 1.58. The normalized spacial score (nSPS) is 14.8. The molecule has 1 N–H and O–H groups in total. The van der Waals surface area contributed by atoms with Crippen LogP contribution < -0.4 is 5.32 Å². The molecule has 1 unspecified atom stereocenters. The van der Waals surface area contributed by atoms with Gasteiger partial charge in [-0.15, -0.1) is 4.91 Å². The van der Waals surface area contributed by atoms with E-state index < -0.39 is 28.4 Å². The van der Waals surface area contributed by atoms with Crippen LogP contribution in [0, 0.1) is 15.0 Å². The molecule has 0 fully saturated rings. The van der Waals surface area contributed by atoms with Crippen molar-refractivity contribution in [3.63, 3.8) is 0 Å². The summed E-state index contributed by atoms with van der Waals surface area (Å²) in [6.45, 7) is 8.76. The second-order valence-electron chi connectivity index (χ2n) is 12.0. The zero-order chi connectivity index (χ0) is 34.1. The number of nitrogens with zero attached hydrogens (tertiary/aromatic N) is 3. The minimum absolute atomic E-state index is 0.000623. The molecule has 47 heavy (non-hydrogen) atoms. The van der Waals surface area contributed by atoms with Crippen molar-refractivity contribution in [3.05, 3.63) is 139 Å².